The van der Waals surface area contributed by atoms with Crippen LogP contribution in [-0.2, 0) is 13.3 Å². The van der Waals surface area contributed by atoms with Gasteiger partial charge in [-0.2, -0.15) is 0 Å². The second kappa shape index (κ2) is 11.1. The topological polar surface area (TPSA) is 77.4 Å². The highest BCUT2D eigenvalue weighted by molar-refractivity contribution is 6.60. The summed E-state index contributed by atoms with van der Waals surface area (Å²) in [5, 5.41) is 8.98. The minimum Gasteiger partial charge on any atom is -0.478 e. The van der Waals surface area contributed by atoms with Crippen LogP contribution in [0.5, 0.6) is 0 Å². The fourth-order valence-corrected chi connectivity index (χ4v) is 4.90. The van der Waals surface area contributed by atoms with Gasteiger partial charge in [-0.3, -0.25) is 4.99 Å². The lowest BCUT2D eigenvalue weighted by Crippen LogP contribution is -2.46. The molecule has 0 aliphatic carbocycles. The number of nitrogens with zero attached hydrogens (tertiary/aromatic N) is 1. The van der Waals surface area contributed by atoms with Gasteiger partial charge in [-0.15, -0.1) is 0 Å². The van der Waals surface area contributed by atoms with Crippen molar-refractivity contribution in [3.8, 4) is 0 Å². The summed E-state index contributed by atoms with van der Waals surface area (Å²) in [7, 11) is -2.60. The number of rotatable bonds is 12. The van der Waals surface area contributed by atoms with Crippen LogP contribution in [-0.4, -0.2) is 52.5 Å². The highest BCUT2D eigenvalue weighted by Crippen LogP contribution is 2.18. The van der Waals surface area contributed by atoms with Gasteiger partial charge in [-0.05, 0) is 44.9 Å². The smallest absolute Gasteiger partial charge is 0.478 e. The van der Waals surface area contributed by atoms with Crippen LogP contribution in [0.25, 0.3) is 0 Å². The first-order valence-corrected chi connectivity index (χ1v) is 10.2. The third-order valence-electron chi connectivity index (χ3n) is 3.24. The van der Waals surface area contributed by atoms with Crippen LogP contribution in [0.2, 0.25) is 6.04 Å². The minimum absolute atomic E-state index is 0.259. The molecule has 1 aromatic carbocycles. The maximum atomic E-state index is 10.9. The van der Waals surface area contributed by atoms with Gasteiger partial charge >= 0.3 is 14.8 Å². The molecule has 0 heterocycles. The van der Waals surface area contributed by atoms with Crippen LogP contribution >= 0.6 is 0 Å². The van der Waals surface area contributed by atoms with Crippen molar-refractivity contribution >= 4 is 21.0 Å². The Kier molecular flexibility index (Phi) is 9.47. The molecule has 0 aliphatic heterocycles. The second-order valence-corrected chi connectivity index (χ2v) is 7.78. The molecule has 0 saturated carbocycles. The van der Waals surface area contributed by atoms with Gasteiger partial charge in [0.05, 0.1) is 5.56 Å². The van der Waals surface area contributed by atoms with Crippen molar-refractivity contribution in [3.05, 3.63) is 35.4 Å². The fourth-order valence-electron chi connectivity index (χ4n) is 2.31. The van der Waals surface area contributed by atoms with Crippen molar-refractivity contribution in [1.82, 2.24) is 0 Å². The molecular weight excluding hydrogens is 326 g/mol. The Morgan fingerprint density at radius 2 is 1.79 bits per heavy atom. The number of aliphatic imine (C=N–C) groups is 1. The Bertz CT molecular complexity index is 518. The molecule has 0 fully saturated rings. The molecule has 1 rings (SSSR count). The van der Waals surface area contributed by atoms with E-state index in [0.29, 0.717) is 26.4 Å². The number of carboxylic acid groups (broad SMARTS) is 1. The van der Waals surface area contributed by atoms with E-state index in [1.165, 1.54) is 0 Å². The van der Waals surface area contributed by atoms with E-state index in [0.717, 1.165) is 18.0 Å². The van der Waals surface area contributed by atoms with Crippen LogP contribution in [0.1, 0.15) is 43.1 Å². The molecule has 24 heavy (non-hydrogen) atoms. The van der Waals surface area contributed by atoms with Gasteiger partial charge in [0.2, 0.25) is 0 Å². The molecule has 0 radical (unpaired) electrons. The number of benzene rings is 1. The van der Waals surface area contributed by atoms with E-state index in [1.54, 1.807) is 24.4 Å². The number of carboxylic acids is 1. The maximum Gasteiger partial charge on any atom is 0.500 e. The molecule has 0 spiro atoms. The zero-order valence-electron chi connectivity index (χ0n) is 14.7. The lowest BCUT2D eigenvalue weighted by molar-refractivity contribution is 0.0692. The van der Waals surface area contributed by atoms with E-state index in [-0.39, 0.29) is 5.56 Å². The number of aromatic carboxylic acids is 1. The summed E-state index contributed by atoms with van der Waals surface area (Å²) in [6.07, 6.45) is 2.49. The third-order valence-corrected chi connectivity index (χ3v) is 6.39. The van der Waals surface area contributed by atoms with Crippen molar-refractivity contribution in [1.29, 1.82) is 0 Å². The first-order chi connectivity index (χ1) is 11.6. The molecular formula is C17H27NO5Si. The summed E-state index contributed by atoms with van der Waals surface area (Å²) in [5.74, 6) is -0.939. The van der Waals surface area contributed by atoms with E-state index in [9.17, 15) is 4.79 Å². The second-order valence-electron chi connectivity index (χ2n) is 5.05. The summed E-state index contributed by atoms with van der Waals surface area (Å²) < 4.78 is 17.4. The normalized spacial score (nSPS) is 12.0. The first kappa shape index (κ1) is 20.5. The molecule has 0 atom stereocenters. The Labute approximate surface area is 144 Å². The quantitative estimate of drug-likeness (QED) is 0.355. The molecule has 0 aromatic heterocycles. The lowest BCUT2D eigenvalue weighted by atomic mass is 10.1. The minimum atomic E-state index is -2.60. The molecule has 134 valence electrons. The van der Waals surface area contributed by atoms with Crippen LogP contribution in [0.15, 0.2) is 29.3 Å². The zero-order valence-corrected chi connectivity index (χ0v) is 15.7. The highest BCUT2D eigenvalue weighted by atomic mass is 28.4. The first-order valence-electron chi connectivity index (χ1n) is 8.32. The molecule has 0 amide bonds. The summed E-state index contributed by atoms with van der Waals surface area (Å²) in [4.78, 5) is 15.3. The van der Waals surface area contributed by atoms with Crippen LogP contribution < -0.4 is 0 Å². The van der Waals surface area contributed by atoms with Gasteiger partial charge < -0.3 is 18.4 Å². The van der Waals surface area contributed by atoms with Crippen molar-refractivity contribution < 1.29 is 23.2 Å². The zero-order chi connectivity index (χ0) is 17.8. The fraction of sp³-hybridized carbons (Fsp3) is 0.529. The SMILES string of the molecule is CCO[Si](CCCN=Cc1cccc(C(=O)O)c1)(OCC)OCC. The predicted octanol–water partition coefficient (Wildman–Crippen LogP) is 3.24. The lowest BCUT2D eigenvalue weighted by Gasteiger charge is -2.28. The number of carbonyl (C=O) groups is 1. The van der Waals surface area contributed by atoms with E-state index in [2.05, 4.69) is 4.99 Å². The number of hydrogen-bond donors (Lipinski definition) is 1. The van der Waals surface area contributed by atoms with Gasteiger partial charge in [0, 0.05) is 38.6 Å². The van der Waals surface area contributed by atoms with Gasteiger partial charge in [0.15, 0.2) is 0 Å². The summed E-state index contributed by atoms with van der Waals surface area (Å²) in [5.41, 5.74) is 1.03. The van der Waals surface area contributed by atoms with E-state index < -0.39 is 14.8 Å². The van der Waals surface area contributed by atoms with Crippen molar-refractivity contribution in [2.24, 2.45) is 4.99 Å². The molecule has 0 bridgehead atoms. The highest BCUT2D eigenvalue weighted by Gasteiger charge is 2.39. The average molecular weight is 353 g/mol. The largest absolute Gasteiger partial charge is 0.500 e. The molecule has 1 aromatic rings. The van der Waals surface area contributed by atoms with E-state index in [1.807, 2.05) is 26.8 Å². The van der Waals surface area contributed by atoms with Crippen molar-refractivity contribution in [2.45, 2.75) is 33.2 Å². The van der Waals surface area contributed by atoms with Gasteiger partial charge in [0.1, 0.15) is 0 Å². The third kappa shape index (κ3) is 6.92. The van der Waals surface area contributed by atoms with Crippen LogP contribution in [0.4, 0.5) is 0 Å². The Morgan fingerprint density at radius 3 is 2.33 bits per heavy atom. The van der Waals surface area contributed by atoms with Gasteiger partial charge in [0.25, 0.3) is 0 Å². The Morgan fingerprint density at radius 1 is 1.17 bits per heavy atom. The summed E-state index contributed by atoms with van der Waals surface area (Å²) in [6.45, 7) is 8.12. The summed E-state index contributed by atoms with van der Waals surface area (Å²) in [6, 6.07) is 7.42. The molecule has 6 nitrogen and oxygen atoms in total. The van der Waals surface area contributed by atoms with E-state index in [4.69, 9.17) is 18.4 Å². The van der Waals surface area contributed by atoms with Gasteiger partial charge in [-0.1, -0.05) is 12.1 Å². The molecule has 0 unspecified atom stereocenters. The monoisotopic (exact) mass is 353 g/mol. The predicted molar refractivity (Wildman–Crippen MR) is 95.9 cm³/mol. The van der Waals surface area contributed by atoms with Crippen LogP contribution in [0, 0.1) is 0 Å². The molecule has 0 aliphatic rings. The van der Waals surface area contributed by atoms with E-state index >= 15 is 0 Å². The standard InChI is InChI=1S/C17H27NO5Si/c1-4-21-24(22-5-2,23-6-3)12-8-11-18-14-15-9-7-10-16(13-15)17(19)20/h7,9-10,13-14H,4-6,8,11-12H2,1-3H3,(H,19,20). The number of hydrogen-bond acceptors (Lipinski definition) is 5. The van der Waals surface area contributed by atoms with Crippen molar-refractivity contribution in [2.75, 3.05) is 26.4 Å². The summed E-state index contributed by atoms with van der Waals surface area (Å²) >= 11 is 0. The Balaban J connectivity index is 2.55. The average Bonchev–Trinajstić information content (AvgIpc) is 2.55. The van der Waals surface area contributed by atoms with Gasteiger partial charge in [-0.25, -0.2) is 4.79 Å². The Hall–Kier alpha value is -1.54. The van der Waals surface area contributed by atoms with Crippen molar-refractivity contribution in [3.63, 3.8) is 0 Å². The molecule has 0 saturated heterocycles. The molecule has 7 heteroatoms. The maximum absolute atomic E-state index is 10.9. The molecule has 1 N–H and O–H groups in total. The van der Waals surface area contributed by atoms with Crippen LogP contribution in [0.3, 0.4) is 0 Å².